The molecule has 0 atom stereocenters. The van der Waals surface area contributed by atoms with E-state index in [4.69, 9.17) is 4.42 Å². The minimum Gasteiger partial charge on any atom is -0.423 e. The predicted octanol–water partition coefficient (Wildman–Crippen LogP) is 4.68. The molecule has 1 aliphatic heterocycles. The maximum absolute atomic E-state index is 12.8. The molecule has 158 valence electrons. The van der Waals surface area contributed by atoms with Crippen molar-refractivity contribution >= 4 is 32.7 Å². The zero-order valence-corrected chi connectivity index (χ0v) is 17.5. The van der Waals surface area contributed by atoms with E-state index in [0.29, 0.717) is 37.6 Å². The van der Waals surface area contributed by atoms with Crippen LogP contribution in [0.5, 0.6) is 0 Å². The van der Waals surface area contributed by atoms with E-state index >= 15 is 0 Å². The summed E-state index contributed by atoms with van der Waals surface area (Å²) in [6.45, 7) is 3.47. The Morgan fingerprint density at radius 2 is 1.90 bits per heavy atom. The molecular weight excluding hydrogens is 463 g/mol. The Balaban J connectivity index is 1.48. The fraction of sp³-hybridized carbons (Fsp3) is 0.333. The number of aromatic nitrogens is 1. The highest BCUT2D eigenvalue weighted by Gasteiger charge is 2.31. The van der Waals surface area contributed by atoms with E-state index in [9.17, 15) is 18.0 Å². The van der Waals surface area contributed by atoms with Crippen LogP contribution in [-0.2, 0) is 12.7 Å². The lowest BCUT2D eigenvalue weighted by atomic mass is 10.1. The summed E-state index contributed by atoms with van der Waals surface area (Å²) >= 11 is 3.39. The van der Waals surface area contributed by atoms with Gasteiger partial charge in [-0.05, 0) is 42.3 Å². The predicted molar refractivity (Wildman–Crippen MR) is 112 cm³/mol. The number of pyridine rings is 1. The molecule has 5 nitrogen and oxygen atoms in total. The topological polar surface area (TPSA) is 49.6 Å². The van der Waals surface area contributed by atoms with Gasteiger partial charge in [0.05, 0.1) is 5.56 Å². The molecule has 3 aromatic rings. The number of halogens is 4. The van der Waals surface area contributed by atoms with Gasteiger partial charge in [-0.25, -0.2) is 9.78 Å². The normalized spacial score (nSPS) is 16.1. The van der Waals surface area contributed by atoms with E-state index in [0.717, 1.165) is 40.7 Å². The molecule has 0 radical (unpaired) electrons. The highest BCUT2D eigenvalue weighted by Crippen LogP contribution is 2.29. The van der Waals surface area contributed by atoms with Crippen LogP contribution in [0.2, 0.25) is 0 Å². The number of alkyl halides is 3. The molecule has 0 saturated carbocycles. The Labute approximate surface area is 179 Å². The molecule has 1 fully saturated rings. The van der Waals surface area contributed by atoms with Crippen molar-refractivity contribution < 1.29 is 17.6 Å². The van der Waals surface area contributed by atoms with Crippen molar-refractivity contribution in [1.82, 2.24) is 9.88 Å². The Morgan fingerprint density at radius 3 is 2.63 bits per heavy atom. The molecule has 30 heavy (non-hydrogen) atoms. The molecule has 0 amide bonds. The van der Waals surface area contributed by atoms with E-state index in [1.807, 2.05) is 17.0 Å². The van der Waals surface area contributed by atoms with Crippen molar-refractivity contribution in [3.63, 3.8) is 0 Å². The second-order valence-corrected chi connectivity index (χ2v) is 8.17. The van der Waals surface area contributed by atoms with Gasteiger partial charge in [-0.1, -0.05) is 15.9 Å². The molecule has 0 N–H and O–H groups in total. The molecule has 3 heterocycles. The van der Waals surface area contributed by atoms with Crippen LogP contribution in [0.3, 0.4) is 0 Å². The highest BCUT2D eigenvalue weighted by atomic mass is 79.9. The van der Waals surface area contributed by atoms with Gasteiger partial charge >= 0.3 is 11.8 Å². The van der Waals surface area contributed by atoms with Crippen molar-refractivity contribution in [2.24, 2.45) is 0 Å². The summed E-state index contributed by atoms with van der Waals surface area (Å²) in [5.41, 5.74) is 0.303. The summed E-state index contributed by atoms with van der Waals surface area (Å²) in [6, 6.07) is 9.63. The Morgan fingerprint density at radius 1 is 1.07 bits per heavy atom. The van der Waals surface area contributed by atoms with E-state index < -0.39 is 11.7 Å². The zero-order chi connectivity index (χ0) is 21.3. The number of anilines is 1. The third-order valence-electron chi connectivity index (χ3n) is 5.17. The molecule has 1 saturated heterocycles. The third-order valence-corrected chi connectivity index (χ3v) is 5.67. The van der Waals surface area contributed by atoms with Crippen molar-refractivity contribution in [3.05, 3.63) is 68.6 Å². The lowest BCUT2D eigenvalue weighted by molar-refractivity contribution is -0.137. The van der Waals surface area contributed by atoms with E-state index in [2.05, 4.69) is 25.8 Å². The summed E-state index contributed by atoms with van der Waals surface area (Å²) in [7, 11) is 0. The maximum Gasteiger partial charge on any atom is 0.417 e. The number of hydrogen-bond donors (Lipinski definition) is 0. The van der Waals surface area contributed by atoms with E-state index in [-0.39, 0.29) is 5.63 Å². The van der Waals surface area contributed by atoms with Gasteiger partial charge in [0.2, 0.25) is 0 Å². The van der Waals surface area contributed by atoms with Gasteiger partial charge in [-0.15, -0.1) is 0 Å². The molecule has 0 unspecified atom stereocenters. The number of benzene rings is 1. The van der Waals surface area contributed by atoms with Gasteiger partial charge < -0.3 is 9.32 Å². The zero-order valence-electron chi connectivity index (χ0n) is 16.0. The van der Waals surface area contributed by atoms with Gasteiger partial charge in [-0.3, -0.25) is 4.90 Å². The number of rotatable bonds is 3. The van der Waals surface area contributed by atoms with Crippen LogP contribution in [0.25, 0.3) is 11.0 Å². The van der Waals surface area contributed by atoms with Crippen LogP contribution in [0.15, 0.2) is 56.3 Å². The third kappa shape index (κ3) is 4.67. The summed E-state index contributed by atoms with van der Waals surface area (Å²) in [6.07, 6.45) is -2.67. The van der Waals surface area contributed by atoms with Crippen LogP contribution < -0.4 is 10.5 Å². The van der Waals surface area contributed by atoms with Crippen LogP contribution in [0.1, 0.15) is 17.5 Å². The SMILES string of the molecule is O=c1cc(CN2CCCN(c3ccc(C(F)(F)F)cn3)CC2)c2ccc(Br)cc2o1. The molecule has 9 heteroatoms. The monoisotopic (exact) mass is 481 g/mol. The number of hydrogen-bond acceptors (Lipinski definition) is 5. The van der Waals surface area contributed by atoms with Crippen molar-refractivity contribution in [2.75, 3.05) is 31.1 Å². The first-order chi connectivity index (χ1) is 14.3. The van der Waals surface area contributed by atoms with Crippen LogP contribution in [-0.4, -0.2) is 36.1 Å². The minimum atomic E-state index is -4.39. The Hall–Kier alpha value is -2.39. The fourth-order valence-corrected chi connectivity index (χ4v) is 4.01. The lowest BCUT2D eigenvalue weighted by Gasteiger charge is -2.23. The molecule has 0 bridgehead atoms. The molecule has 1 aromatic carbocycles. The van der Waals surface area contributed by atoms with Gasteiger partial charge in [-0.2, -0.15) is 13.2 Å². The van der Waals surface area contributed by atoms with Crippen LogP contribution >= 0.6 is 15.9 Å². The lowest BCUT2D eigenvalue weighted by Crippen LogP contribution is -2.31. The van der Waals surface area contributed by atoms with Crippen molar-refractivity contribution in [1.29, 1.82) is 0 Å². The standard InChI is InChI=1S/C21H19BrF3N3O2/c22-16-3-4-17-14(10-20(29)30-18(17)11-16)13-27-6-1-7-28(9-8-27)19-5-2-15(12-26-19)21(23,24)25/h2-5,10-12H,1,6-9,13H2. The Bertz CT molecular complexity index is 1100. The summed E-state index contributed by atoms with van der Waals surface area (Å²) in [4.78, 5) is 20.2. The summed E-state index contributed by atoms with van der Waals surface area (Å²) < 4.78 is 44.4. The smallest absolute Gasteiger partial charge is 0.417 e. The number of nitrogens with zero attached hydrogens (tertiary/aromatic N) is 3. The van der Waals surface area contributed by atoms with Gasteiger partial charge in [0.1, 0.15) is 11.4 Å². The second-order valence-electron chi connectivity index (χ2n) is 7.25. The molecule has 2 aromatic heterocycles. The first-order valence-corrected chi connectivity index (χ1v) is 10.3. The second kappa shape index (κ2) is 8.39. The van der Waals surface area contributed by atoms with Crippen LogP contribution in [0.4, 0.5) is 19.0 Å². The summed E-state index contributed by atoms with van der Waals surface area (Å²) in [5, 5.41) is 0.892. The quantitative estimate of drug-likeness (QED) is 0.508. The molecule has 0 aliphatic carbocycles. The van der Waals surface area contributed by atoms with Crippen LogP contribution in [0, 0.1) is 0 Å². The van der Waals surface area contributed by atoms with Gasteiger partial charge in [0, 0.05) is 54.8 Å². The largest absolute Gasteiger partial charge is 0.423 e. The summed E-state index contributed by atoms with van der Waals surface area (Å²) in [5.74, 6) is 0.542. The number of fused-ring (bicyclic) bond motifs is 1. The molecular formula is C21H19BrF3N3O2. The Kier molecular flexibility index (Phi) is 5.84. The molecule has 0 spiro atoms. The van der Waals surface area contributed by atoms with E-state index in [1.165, 1.54) is 12.1 Å². The van der Waals surface area contributed by atoms with Crippen molar-refractivity contribution in [2.45, 2.75) is 19.1 Å². The average Bonchev–Trinajstić information content (AvgIpc) is 2.92. The van der Waals surface area contributed by atoms with E-state index in [1.54, 1.807) is 6.07 Å². The highest BCUT2D eigenvalue weighted by molar-refractivity contribution is 9.10. The van der Waals surface area contributed by atoms with Gasteiger partial charge in [0.15, 0.2) is 0 Å². The average molecular weight is 482 g/mol. The fourth-order valence-electron chi connectivity index (χ4n) is 3.67. The minimum absolute atomic E-state index is 0.388. The molecule has 1 aliphatic rings. The van der Waals surface area contributed by atoms with Crippen molar-refractivity contribution in [3.8, 4) is 0 Å². The van der Waals surface area contributed by atoms with Gasteiger partial charge in [0.25, 0.3) is 0 Å². The first-order valence-electron chi connectivity index (χ1n) is 9.52. The maximum atomic E-state index is 12.8. The molecule has 4 rings (SSSR count). The first kappa shape index (κ1) is 20.9.